The lowest BCUT2D eigenvalue weighted by atomic mass is 10.1. The first-order valence-electron chi connectivity index (χ1n) is 4.45. The van der Waals surface area contributed by atoms with Gasteiger partial charge in [0.2, 0.25) is 0 Å². The standard InChI is InChI=1S/C9H12N2OS/c1-7(12)8-3-2-5-11(8)9-10-4-6-13-9/h4,6,8H,2-3,5H2,1H3. The summed E-state index contributed by atoms with van der Waals surface area (Å²) in [5, 5.41) is 2.93. The van der Waals surface area contributed by atoms with E-state index in [2.05, 4.69) is 9.88 Å². The van der Waals surface area contributed by atoms with Gasteiger partial charge in [0.1, 0.15) is 0 Å². The van der Waals surface area contributed by atoms with Gasteiger partial charge in [-0.15, -0.1) is 11.3 Å². The van der Waals surface area contributed by atoms with E-state index in [9.17, 15) is 4.79 Å². The monoisotopic (exact) mass is 196 g/mol. The lowest BCUT2D eigenvalue weighted by Crippen LogP contribution is -2.34. The maximum absolute atomic E-state index is 11.3. The first-order valence-corrected chi connectivity index (χ1v) is 5.33. The lowest BCUT2D eigenvalue weighted by Gasteiger charge is -2.21. The number of thiazole rings is 1. The Hall–Kier alpha value is -0.900. The van der Waals surface area contributed by atoms with Crippen molar-refractivity contribution in [2.24, 2.45) is 0 Å². The van der Waals surface area contributed by atoms with Crippen LogP contribution in [0.2, 0.25) is 0 Å². The Balaban J connectivity index is 2.19. The van der Waals surface area contributed by atoms with Gasteiger partial charge in [0.15, 0.2) is 10.9 Å². The van der Waals surface area contributed by atoms with Crippen molar-refractivity contribution in [2.45, 2.75) is 25.8 Å². The van der Waals surface area contributed by atoms with Gasteiger partial charge in [0.05, 0.1) is 6.04 Å². The molecule has 0 spiro atoms. The summed E-state index contributed by atoms with van der Waals surface area (Å²) in [5.74, 6) is 0.257. The molecule has 13 heavy (non-hydrogen) atoms. The van der Waals surface area contributed by atoms with E-state index in [0.29, 0.717) is 0 Å². The Kier molecular flexibility index (Phi) is 2.31. The van der Waals surface area contributed by atoms with E-state index in [-0.39, 0.29) is 11.8 Å². The average Bonchev–Trinajstić information content (AvgIpc) is 2.74. The van der Waals surface area contributed by atoms with Gasteiger partial charge in [0.25, 0.3) is 0 Å². The molecule has 1 aromatic heterocycles. The topological polar surface area (TPSA) is 33.2 Å². The fourth-order valence-corrected chi connectivity index (χ4v) is 2.50. The third-order valence-corrected chi connectivity index (χ3v) is 3.20. The van der Waals surface area contributed by atoms with Gasteiger partial charge in [-0.1, -0.05) is 0 Å². The molecule has 3 nitrogen and oxygen atoms in total. The van der Waals surface area contributed by atoms with E-state index in [0.717, 1.165) is 24.5 Å². The molecule has 0 radical (unpaired) electrons. The fraction of sp³-hybridized carbons (Fsp3) is 0.556. The Labute approximate surface area is 81.4 Å². The molecular weight excluding hydrogens is 184 g/mol. The van der Waals surface area contributed by atoms with Crippen molar-refractivity contribution >= 4 is 22.3 Å². The molecule has 2 rings (SSSR count). The summed E-state index contributed by atoms with van der Waals surface area (Å²) in [4.78, 5) is 17.6. The molecule has 0 saturated carbocycles. The number of carbonyl (C=O) groups excluding carboxylic acids is 1. The molecule has 0 aliphatic carbocycles. The van der Waals surface area contributed by atoms with Crippen molar-refractivity contribution in [3.8, 4) is 0 Å². The molecule has 1 saturated heterocycles. The van der Waals surface area contributed by atoms with E-state index < -0.39 is 0 Å². The third kappa shape index (κ3) is 1.58. The summed E-state index contributed by atoms with van der Waals surface area (Å²) < 4.78 is 0. The maximum Gasteiger partial charge on any atom is 0.185 e. The molecule has 1 atom stereocenters. The summed E-state index contributed by atoms with van der Waals surface area (Å²) in [5.41, 5.74) is 0. The first kappa shape index (κ1) is 8.69. The van der Waals surface area contributed by atoms with Crippen LogP contribution in [0.3, 0.4) is 0 Å². The number of hydrogen-bond acceptors (Lipinski definition) is 4. The van der Waals surface area contributed by atoms with Crippen LogP contribution >= 0.6 is 11.3 Å². The van der Waals surface area contributed by atoms with Gasteiger partial charge in [-0.25, -0.2) is 4.98 Å². The van der Waals surface area contributed by atoms with Crippen LogP contribution in [-0.2, 0) is 4.79 Å². The Morgan fingerprint density at radius 2 is 2.62 bits per heavy atom. The van der Waals surface area contributed by atoms with Gasteiger partial charge in [-0.3, -0.25) is 4.79 Å². The van der Waals surface area contributed by atoms with Crippen LogP contribution in [0, 0.1) is 0 Å². The molecule has 70 valence electrons. The highest BCUT2D eigenvalue weighted by Crippen LogP contribution is 2.27. The van der Waals surface area contributed by atoms with E-state index in [4.69, 9.17) is 0 Å². The van der Waals surface area contributed by atoms with Crippen LogP contribution in [0.25, 0.3) is 0 Å². The van der Waals surface area contributed by atoms with Gasteiger partial charge < -0.3 is 4.90 Å². The molecule has 0 bridgehead atoms. The number of hydrogen-bond donors (Lipinski definition) is 0. The van der Waals surface area contributed by atoms with Crippen LogP contribution < -0.4 is 4.90 Å². The molecule has 1 unspecified atom stereocenters. The molecule has 0 amide bonds. The van der Waals surface area contributed by atoms with Crippen LogP contribution in [0.4, 0.5) is 5.13 Å². The average molecular weight is 196 g/mol. The van der Waals surface area contributed by atoms with Gasteiger partial charge >= 0.3 is 0 Å². The minimum Gasteiger partial charge on any atom is -0.338 e. The fourth-order valence-electron chi connectivity index (χ4n) is 1.78. The Morgan fingerprint density at radius 1 is 1.77 bits per heavy atom. The number of Topliss-reactive ketones (excluding diaryl/α,β-unsaturated/α-hetero) is 1. The highest BCUT2D eigenvalue weighted by molar-refractivity contribution is 7.13. The van der Waals surface area contributed by atoms with E-state index >= 15 is 0 Å². The number of ketones is 1. The molecule has 4 heteroatoms. The van der Waals surface area contributed by atoms with E-state index in [1.165, 1.54) is 0 Å². The van der Waals surface area contributed by atoms with Gasteiger partial charge in [-0.05, 0) is 19.8 Å². The molecular formula is C9H12N2OS. The SMILES string of the molecule is CC(=O)C1CCCN1c1nccs1. The van der Waals surface area contributed by atoms with Crippen molar-refractivity contribution in [1.82, 2.24) is 4.98 Å². The minimum atomic E-state index is 0.0751. The summed E-state index contributed by atoms with van der Waals surface area (Å²) in [6, 6.07) is 0.0751. The number of aromatic nitrogens is 1. The van der Waals surface area contributed by atoms with E-state index in [1.807, 2.05) is 5.38 Å². The summed E-state index contributed by atoms with van der Waals surface area (Å²) in [7, 11) is 0. The third-order valence-electron chi connectivity index (χ3n) is 2.39. The number of anilines is 1. The highest BCUT2D eigenvalue weighted by atomic mass is 32.1. The summed E-state index contributed by atoms with van der Waals surface area (Å²) >= 11 is 1.60. The molecule has 0 aromatic carbocycles. The Morgan fingerprint density at radius 3 is 3.23 bits per heavy atom. The predicted molar refractivity (Wildman–Crippen MR) is 53.2 cm³/mol. The molecule has 1 aliphatic heterocycles. The molecule has 1 fully saturated rings. The second kappa shape index (κ2) is 3.46. The zero-order valence-electron chi connectivity index (χ0n) is 7.56. The predicted octanol–water partition coefficient (Wildman–Crippen LogP) is 1.70. The summed E-state index contributed by atoms with van der Waals surface area (Å²) in [6.07, 6.45) is 3.87. The molecule has 2 heterocycles. The van der Waals surface area contributed by atoms with Crippen molar-refractivity contribution in [3.05, 3.63) is 11.6 Å². The van der Waals surface area contributed by atoms with Gasteiger partial charge in [-0.2, -0.15) is 0 Å². The van der Waals surface area contributed by atoms with Crippen molar-refractivity contribution in [1.29, 1.82) is 0 Å². The van der Waals surface area contributed by atoms with Crippen molar-refractivity contribution in [2.75, 3.05) is 11.4 Å². The zero-order chi connectivity index (χ0) is 9.26. The van der Waals surface area contributed by atoms with Gasteiger partial charge in [0, 0.05) is 18.1 Å². The second-order valence-corrected chi connectivity index (χ2v) is 4.15. The lowest BCUT2D eigenvalue weighted by molar-refractivity contribution is -0.118. The smallest absolute Gasteiger partial charge is 0.185 e. The first-order chi connectivity index (χ1) is 6.29. The number of rotatable bonds is 2. The maximum atomic E-state index is 11.3. The van der Waals surface area contributed by atoms with Crippen LogP contribution in [0.5, 0.6) is 0 Å². The van der Waals surface area contributed by atoms with Crippen LogP contribution in [-0.4, -0.2) is 23.4 Å². The highest BCUT2D eigenvalue weighted by Gasteiger charge is 2.29. The van der Waals surface area contributed by atoms with Crippen LogP contribution in [0.15, 0.2) is 11.6 Å². The molecule has 0 N–H and O–H groups in total. The minimum absolute atomic E-state index is 0.0751. The zero-order valence-corrected chi connectivity index (χ0v) is 8.38. The molecule has 1 aliphatic rings. The normalized spacial score (nSPS) is 22.2. The van der Waals surface area contributed by atoms with E-state index in [1.54, 1.807) is 24.5 Å². The number of carbonyl (C=O) groups is 1. The van der Waals surface area contributed by atoms with Crippen molar-refractivity contribution in [3.63, 3.8) is 0 Å². The molecule has 1 aromatic rings. The summed E-state index contributed by atoms with van der Waals surface area (Å²) in [6.45, 7) is 2.63. The quantitative estimate of drug-likeness (QED) is 0.722. The van der Waals surface area contributed by atoms with Crippen LogP contribution in [0.1, 0.15) is 19.8 Å². The number of nitrogens with zero attached hydrogens (tertiary/aromatic N) is 2. The largest absolute Gasteiger partial charge is 0.338 e. The Bertz CT molecular complexity index is 297. The second-order valence-electron chi connectivity index (χ2n) is 3.28. The van der Waals surface area contributed by atoms with Crippen molar-refractivity contribution < 1.29 is 4.79 Å².